The molecule has 2 fully saturated rings. The Bertz CT molecular complexity index is 1060. The number of fused-ring (bicyclic) bond motifs is 1. The molecule has 1 saturated carbocycles. The number of carbonyl (C=O) groups is 1. The normalized spacial score (nSPS) is 24.3. The van der Waals surface area contributed by atoms with E-state index < -0.39 is 11.1 Å². The molecule has 0 spiro atoms. The summed E-state index contributed by atoms with van der Waals surface area (Å²) in [5, 5.41) is 20.6. The van der Waals surface area contributed by atoms with Crippen LogP contribution in [0.2, 0.25) is 5.02 Å². The molecule has 2 N–H and O–H groups in total. The summed E-state index contributed by atoms with van der Waals surface area (Å²) >= 11 is 6.41. The Balaban J connectivity index is 1.47. The summed E-state index contributed by atoms with van der Waals surface area (Å²) in [7, 11) is 1.83. The molecule has 1 aliphatic carbocycles. The van der Waals surface area contributed by atoms with Crippen molar-refractivity contribution in [1.82, 2.24) is 24.6 Å². The molecule has 2 aromatic rings. The van der Waals surface area contributed by atoms with Gasteiger partial charge in [0.15, 0.2) is 5.82 Å². The lowest BCUT2D eigenvalue weighted by molar-refractivity contribution is 0.0277. The minimum atomic E-state index is -0.522. The van der Waals surface area contributed by atoms with E-state index in [-0.39, 0.29) is 17.9 Å². The van der Waals surface area contributed by atoms with Gasteiger partial charge in [0, 0.05) is 26.3 Å². The maximum absolute atomic E-state index is 12.5. The Labute approximate surface area is 198 Å². The number of anilines is 3. The molecule has 2 atom stereocenters. The summed E-state index contributed by atoms with van der Waals surface area (Å²) in [4.78, 5) is 23.1. The van der Waals surface area contributed by atoms with Crippen LogP contribution in [-0.2, 0) is 11.8 Å². The third-order valence-corrected chi connectivity index (χ3v) is 6.32. The second-order valence-electron chi connectivity index (χ2n) is 9.97. The van der Waals surface area contributed by atoms with Crippen molar-refractivity contribution < 1.29 is 9.53 Å². The predicted molar refractivity (Wildman–Crippen MR) is 124 cm³/mol. The van der Waals surface area contributed by atoms with E-state index in [1.54, 1.807) is 15.8 Å². The quantitative estimate of drug-likeness (QED) is 0.670. The van der Waals surface area contributed by atoms with E-state index in [0.29, 0.717) is 36.3 Å². The van der Waals surface area contributed by atoms with Crippen molar-refractivity contribution in [1.29, 1.82) is 5.26 Å². The molecule has 2 aliphatic rings. The Morgan fingerprint density at radius 3 is 2.61 bits per heavy atom. The zero-order chi connectivity index (χ0) is 23.8. The average Bonchev–Trinajstić information content (AvgIpc) is 3.37. The standard InChI is InChI=1S/C22H29ClN8O2/c1-21(2,3)33-20(32)31-11-14-7-22(5-6-24,8-15(14)12-31)29-18-17(23)10-25-19(28-18)27-16-9-26-30(4)13-16/h9-10,13-15H,5,7-8,11-12H2,1-4H3,(H2,25,27,28,29). The fourth-order valence-corrected chi connectivity index (χ4v) is 4.93. The fourth-order valence-electron chi connectivity index (χ4n) is 4.79. The molecule has 176 valence electrons. The van der Waals surface area contributed by atoms with Crippen LogP contribution in [0.1, 0.15) is 40.0 Å². The highest BCUT2D eigenvalue weighted by molar-refractivity contribution is 6.32. The zero-order valence-electron chi connectivity index (χ0n) is 19.3. The lowest BCUT2D eigenvalue weighted by Gasteiger charge is -2.31. The van der Waals surface area contributed by atoms with Gasteiger partial charge in [0.1, 0.15) is 10.6 Å². The van der Waals surface area contributed by atoms with Crippen LogP contribution in [0.25, 0.3) is 0 Å². The van der Waals surface area contributed by atoms with E-state index in [4.69, 9.17) is 16.3 Å². The third-order valence-electron chi connectivity index (χ3n) is 6.04. The molecule has 0 radical (unpaired) electrons. The number of nitriles is 1. The Kier molecular flexibility index (Phi) is 6.10. The van der Waals surface area contributed by atoms with Gasteiger partial charge in [-0.15, -0.1) is 0 Å². The number of ether oxygens (including phenoxy) is 1. The maximum Gasteiger partial charge on any atom is 0.410 e. The summed E-state index contributed by atoms with van der Waals surface area (Å²) in [6, 6.07) is 2.32. The topological polar surface area (TPSA) is 121 Å². The molecule has 1 amide bonds. The minimum Gasteiger partial charge on any atom is -0.444 e. The average molecular weight is 473 g/mol. The van der Waals surface area contributed by atoms with Crippen molar-refractivity contribution in [3.05, 3.63) is 23.6 Å². The zero-order valence-corrected chi connectivity index (χ0v) is 20.1. The van der Waals surface area contributed by atoms with Gasteiger partial charge in [0.25, 0.3) is 0 Å². The SMILES string of the molecule is Cn1cc(Nc2ncc(Cl)c(NC3(CC#N)CC4CN(C(=O)OC(C)(C)C)CC4C3)n2)cn1. The molecule has 1 saturated heterocycles. The van der Waals surface area contributed by atoms with Crippen molar-refractivity contribution >= 4 is 35.1 Å². The first-order valence-electron chi connectivity index (χ1n) is 11.0. The van der Waals surface area contributed by atoms with Gasteiger partial charge in [0.2, 0.25) is 5.95 Å². The van der Waals surface area contributed by atoms with Gasteiger partial charge < -0.3 is 20.3 Å². The molecular formula is C22H29ClN8O2. The van der Waals surface area contributed by atoms with Crippen molar-refractivity contribution in [3.8, 4) is 6.07 Å². The monoisotopic (exact) mass is 472 g/mol. The number of hydrogen-bond acceptors (Lipinski definition) is 8. The molecule has 0 bridgehead atoms. The summed E-state index contributed by atoms with van der Waals surface area (Å²) in [5.41, 5.74) is -0.227. The van der Waals surface area contributed by atoms with Gasteiger partial charge in [0.05, 0.1) is 36.1 Å². The molecule has 1 aliphatic heterocycles. The number of hydrogen-bond donors (Lipinski definition) is 2. The lowest BCUT2D eigenvalue weighted by atomic mass is 9.91. The summed E-state index contributed by atoms with van der Waals surface area (Å²) in [6.45, 7) is 6.85. The van der Waals surface area contributed by atoms with Crippen LogP contribution in [0.5, 0.6) is 0 Å². The molecule has 3 heterocycles. The highest BCUT2D eigenvalue weighted by atomic mass is 35.5. The van der Waals surface area contributed by atoms with E-state index >= 15 is 0 Å². The van der Waals surface area contributed by atoms with Crippen molar-refractivity contribution in [2.45, 2.75) is 51.2 Å². The number of amides is 1. The molecule has 2 aromatic heterocycles. The lowest BCUT2D eigenvalue weighted by Crippen LogP contribution is -2.40. The van der Waals surface area contributed by atoms with Crippen molar-refractivity contribution in [3.63, 3.8) is 0 Å². The second kappa shape index (κ2) is 8.71. The van der Waals surface area contributed by atoms with Crippen LogP contribution in [0.3, 0.4) is 0 Å². The first kappa shape index (κ1) is 23.1. The highest BCUT2D eigenvalue weighted by Gasteiger charge is 2.50. The van der Waals surface area contributed by atoms with Gasteiger partial charge in [-0.05, 0) is 45.4 Å². The van der Waals surface area contributed by atoms with Gasteiger partial charge in [-0.25, -0.2) is 9.78 Å². The highest BCUT2D eigenvalue weighted by Crippen LogP contribution is 2.47. The first-order valence-corrected chi connectivity index (χ1v) is 11.3. The Hall–Kier alpha value is -3.06. The van der Waals surface area contributed by atoms with Crippen LogP contribution < -0.4 is 10.6 Å². The number of carbonyl (C=O) groups excluding carboxylic acids is 1. The Morgan fingerprint density at radius 1 is 1.33 bits per heavy atom. The van der Waals surface area contributed by atoms with Crippen LogP contribution >= 0.6 is 11.6 Å². The minimum absolute atomic E-state index is 0.277. The van der Waals surface area contributed by atoms with Gasteiger partial charge in [-0.3, -0.25) is 4.68 Å². The van der Waals surface area contributed by atoms with E-state index in [1.807, 2.05) is 34.0 Å². The summed E-state index contributed by atoms with van der Waals surface area (Å²) < 4.78 is 7.21. The van der Waals surface area contributed by atoms with E-state index in [2.05, 4.69) is 31.8 Å². The van der Waals surface area contributed by atoms with Gasteiger partial charge in [-0.1, -0.05) is 11.6 Å². The maximum atomic E-state index is 12.5. The van der Waals surface area contributed by atoms with Crippen molar-refractivity contribution in [2.75, 3.05) is 23.7 Å². The van der Waals surface area contributed by atoms with Crippen LogP contribution in [-0.4, -0.2) is 55.0 Å². The summed E-state index contributed by atoms with van der Waals surface area (Å²) in [6.07, 6.45) is 6.56. The number of nitrogens with zero attached hydrogens (tertiary/aromatic N) is 6. The molecule has 0 aromatic carbocycles. The second-order valence-corrected chi connectivity index (χ2v) is 10.4. The third kappa shape index (κ3) is 5.30. The van der Waals surface area contributed by atoms with Crippen molar-refractivity contribution in [2.24, 2.45) is 18.9 Å². The Morgan fingerprint density at radius 2 is 2.03 bits per heavy atom. The van der Waals surface area contributed by atoms with Crippen LogP contribution in [0, 0.1) is 23.2 Å². The van der Waals surface area contributed by atoms with E-state index in [9.17, 15) is 10.1 Å². The predicted octanol–water partition coefficient (Wildman–Crippen LogP) is 3.95. The molecule has 2 unspecified atom stereocenters. The largest absolute Gasteiger partial charge is 0.444 e. The smallest absolute Gasteiger partial charge is 0.410 e. The number of halogens is 1. The number of rotatable bonds is 5. The van der Waals surface area contributed by atoms with Crippen LogP contribution in [0.4, 0.5) is 22.2 Å². The van der Waals surface area contributed by atoms with E-state index in [1.165, 1.54) is 6.20 Å². The number of nitrogens with one attached hydrogen (secondary N) is 2. The van der Waals surface area contributed by atoms with Gasteiger partial charge in [-0.2, -0.15) is 15.3 Å². The summed E-state index contributed by atoms with van der Waals surface area (Å²) in [5.74, 6) is 1.44. The van der Waals surface area contributed by atoms with Crippen LogP contribution in [0.15, 0.2) is 18.6 Å². The molecule has 10 nitrogen and oxygen atoms in total. The number of likely N-dealkylation sites (tertiary alicyclic amines) is 1. The fraction of sp³-hybridized carbons (Fsp3) is 0.591. The first-order chi connectivity index (χ1) is 15.6. The number of aryl methyl sites for hydroxylation is 1. The van der Waals surface area contributed by atoms with E-state index in [0.717, 1.165) is 18.5 Å². The molecule has 11 heteroatoms. The number of aromatic nitrogens is 4. The molecular weight excluding hydrogens is 444 g/mol. The van der Waals surface area contributed by atoms with Gasteiger partial charge >= 0.3 is 6.09 Å². The molecule has 4 rings (SSSR count). The molecule has 33 heavy (non-hydrogen) atoms.